The van der Waals surface area contributed by atoms with Gasteiger partial charge in [0.1, 0.15) is 0 Å². The van der Waals surface area contributed by atoms with E-state index < -0.39 is 0 Å². The van der Waals surface area contributed by atoms with Crippen molar-refractivity contribution in [3.05, 3.63) is 46.0 Å². The molecule has 1 aliphatic carbocycles. The van der Waals surface area contributed by atoms with Crippen molar-refractivity contribution < 1.29 is 4.79 Å². The van der Waals surface area contributed by atoms with E-state index in [0.717, 1.165) is 25.0 Å². The van der Waals surface area contributed by atoms with Gasteiger partial charge in [-0.05, 0) is 42.7 Å². The number of hydrogen-bond acceptors (Lipinski definition) is 7. The maximum atomic E-state index is 12.3. The average Bonchev–Trinajstić information content (AvgIpc) is 3.28. The van der Waals surface area contributed by atoms with Crippen LogP contribution < -0.4 is 5.32 Å². The normalized spacial score (nSPS) is 13.7. The highest BCUT2D eigenvalue weighted by Gasteiger charge is 2.28. The Hall–Kier alpha value is -2.26. The predicted molar refractivity (Wildman–Crippen MR) is 106 cm³/mol. The summed E-state index contributed by atoms with van der Waals surface area (Å²) in [6, 6.07) is 8.89. The number of rotatable bonds is 7. The minimum absolute atomic E-state index is 0.0963. The summed E-state index contributed by atoms with van der Waals surface area (Å²) in [4.78, 5) is 17.9. The Morgan fingerprint density at radius 3 is 2.81 bits per heavy atom. The van der Waals surface area contributed by atoms with Crippen molar-refractivity contribution in [1.82, 2.24) is 25.2 Å². The van der Waals surface area contributed by atoms with Crippen LogP contribution in [0.1, 0.15) is 40.6 Å². The number of nitrogens with one attached hydrogen (secondary N) is 1. The summed E-state index contributed by atoms with van der Waals surface area (Å²) < 4.78 is 1.81. The van der Waals surface area contributed by atoms with Crippen LogP contribution in [0, 0.1) is 13.8 Å². The minimum atomic E-state index is -0.0963. The van der Waals surface area contributed by atoms with Crippen molar-refractivity contribution in [2.45, 2.75) is 44.3 Å². The predicted octanol–water partition coefficient (Wildman–Crippen LogP) is 3.40. The van der Waals surface area contributed by atoms with Gasteiger partial charge in [0.05, 0.1) is 17.5 Å². The molecule has 7 nitrogen and oxygen atoms in total. The molecule has 0 unspecified atom stereocenters. The Morgan fingerprint density at radius 1 is 1.30 bits per heavy atom. The number of anilines is 1. The molecule has 0 spiro atoms. The number of thioether (sulfide) groups is 1. The molecule has 0 saturated heterocycles. The van der Waals surface area contributed by atoms with Crippen molar-refractivity contribution in [3.63, 3.8) is 0 Å². The van der Waals surface area contributed by atoms with Gasteiger partial charge in [-0.15, -0.1) is 16.4 Å². The van der Waals surface area contributed by atoms with Gasteiger partial charge < -0.3 is 5.32 Å². The number of nitrogens with zero attached hydrogens (tertiary/aromatic N) is 5. The van der Waals surface area contributed by atoms with Gasteiger partial charge in [-0.3, -0.25) is 4.79 Å². The number of tetrazole rings is 1. The van der Waals surface area contributed by atoms with Crippen LogP contribution in [0.15, 0.2) is 29.4 Å². The van der Waals surface area contributed by atoms with Crippen molar-refractivity contribution in [2.75, 3.05) is 11.1 Å². The molecule has 27 heavy (non-hydrogen) atoms. The zero-order chi connectivity index (χ0) is 18.8. The van der Waals surface area contributed by atoms with E-state index in [1.54, 1.807) is 0 Å². The van der Waals surface area contributed by atoms with Gasteiger partial charge in [-0.1, -0.05) is 41.6 Å². The van der Waals surface area contributed by atoms with E-state index in [1.807, 2.05) is 11.6 Å². The molecule has 1 saturated carbocycles. The maximum Gasteiger partial charge on any atom is 0.236 e. The van der Waals surface area contributed by atoms with Gasteiger partial charge in [0.2, 0.25) is 11.1 Å². The molecule has 2 aromatic heterocycles. The molecule has 0 aliphatic heterocycles. The molecular formula is C18H20N6OS2. The zero-order valence-electron chi connectivity index (χ0n) is 15.2. The molecule has 0 radical (unpaired) electrons. The highest BCUT2D eigenvalue weighted by Crippen LogP contribution is 2.36. The Kier molecular flexibility index (Phi) is 5.22. The second kappa shape index (κ2) is 7.77. The van der Waals surface area contributed by atoms with Gasteiger partial charge in [0.25, 0.3) is 0 Å². The fourth-order valence-electron chi connectivity index (χ4n) is 2.65. The largest absolute Gasteiger partial charge is 0.301 e. The molecule has 2 heterocycles. The van der Waals surface area contributed by atoms with Crippen molar-refractivity contribution in [3.8, 4) is 0 Å². The molecular weight excluding hydrogens is 380 g/mol. The van der Waals surface area contributed by atoms with Crippen LogP contribution in [0.2, 0.25) is 0 Å². The van der Waals surface area contributed by atoms with E-state index in [2.05, 4.69) is 57.0 Å². The quantitative estimate of drug-likeness (QED) is 0.612. The van der Waals surface area contributed by atoms with E-state index in [1.165, 1.54) is 39.1 Å². The molecule has 3 aromatic rings. The lowest BCUT2D eigenvalue weighted by atomic mass is 10.1. The highest BCUT2D eigenvalue weighted by molar-refractivity contribution is 7.99. The second-order valence-electron chi connectivity index (χ2n) is 6.66. The zero-order valence-corrected chi connectivity index (χ0v) is 16.8. The van der Waals surface area contributed by atoms with Gasteiger partial charge in [0, 0.05) is 11.3 Å². The first kappa shape index (κ1) is 18.1. The van der Waals surface area contributed by atoms with Gasteiger partial charge in [-0.25, -0.2) is 9.67 Å². The van der Waals surface area contributed by atoms with Gasteiger partial charge in [-0.2, -0.15) is 0 Å². The van der Waals surface area contributed by atoms with E-state index in [-0.39, 0.29) is 11.7 Å². The fraction of sp³-hybridized carbons (Fsp3) is 0.389. The first-order valence-electron chi connectivity index (χ1n) is 8.81. The van der Waals surface area contributed by atoms with Crippen molar-refractivity contribution in [2.24, 2.45) is 0 Å². The summed E-state index contributed by atoms with van der Waals surface area (Å²) in [5, 5.41) is 15.9. The van der Waals surface area contributed by atoms with E-state index in [0.29, 0.717) is 16.3 Å². The Morgan fingerprint density at radius 2 is 2.07 bits per heavy atom. The fourth-order valence-corrected chi connectivity index (χ4v) is 4.41. The number of benzene rings is 1. The average molecular weight is 401 g/mol. The summed E-state index contributed by atoms with van der Waals surface area (Å²) in [6.07, 6.45) is 3.03. The standard InChI is InChI=1S/C18H20N6OS2/c1-11-3-5-13(6-4-11)9-15-12(2)19-17(27-15)20-16(25)10-26-18-21-22-23-24(18)14-7-8-14/h3-6,14H,7-10H2,1-2H3,(H,19,20,25). The minimum Gasteiger partial charge on any atom is -0.301 e. The highest BCUT2D eigenvalue weighted by atomic mass is 32.2. The summed E-state index contributed by atoms with van der Waals surface area (Å²) >= 11 is 2.89. The first-order chi connectivity index (χ1) is 13.1. The summed E-state index contributed by atoms with van der Waals surface area (Å²) in [7, 11) is 0. The van der Waals surface area contributed by atoms with Crippen LogP contribution in [0.4, 0.5) is 5.13 Å². The molecule has 1 amide bonds. The SMILES string of the molecule is Cc1ccc(Cc2sc(NC(=O)CSc3nnnn3C3CC3)nc2C)cc1. The third kappa shape index (κ3) is 4.54. The first-order valence-corrected chi connectivity index (χ1v) is 10.6. The topological polar surface area (TPSA) is 85.6 Å². The molecule has 4 rings (SSSR count). The summed E-state index contributed by atoms with van der Waals surface area (Å²) in [6.45, 7) is 4.06. The lowest BCUT2D eigenvalue weighted by molar-refractivity contribution is -0.113. The van der Waals surface area contributed by atoms with Crippen LogP contribution >= 0.6 is 23.1 Å². The van der Waals surface area contributed by atoms with Gasteiger partial charge >= 0.3 is 0 Å². The summed E-state index contributed by atoms with van der Waals surface area (Å²) in [5.41, 5.74) is 3.45. The van der Waals surface area contributed by atoms with E-state index >= 15 is 0 Å². The molecule has 1 aliphatic rings. The lowest BCUT2D eigenvalue weighted by Crippen LogP contribution is -2.14. The molecule has 1 aromatic carbocycles. The van der Waals surface area contributed by atoms with Crippen molar-refractivity contribution in [1.29, 1.82) is 0 Å². The van der Waals surface area contributed by atoms with Crippen LogP contribution in [-0.2, 0) is 11.2 Å². The van der Waals surface area contributed by atoms with Crippen molar-refractivity contribution >= 4 is 34.1 Å². The van der Waals surface area contributed by atoms with Crippen LogP contribution in [0.5, 0.6) is 0 Å². The Balaban J connectivity index is 1.34. The second-order valence-corrected chi connectivity index (χ2v) is 8.69. The van der Waals surface area contributed by atoms with E-state index in [9.17, 15) is 4.79 Å². The molecule has 1 fully saturated rings. The Labute approximate surface area is 165 Å². The number of carbonyl (C=O) groups is 1. The Bertz CT molecular complexity index is 945. The number of aryl methyl sites for hydroxylation is 2. The molecule has 1 N–H and O–H groups in total. The molecule has 0 atom stereocenters. The molecule has 140 valence electrons. The monoisotopic (exact) mass is 400 g/mol. The van der Waals surface area contributed by atoms with Crippen LogP contribution in [0.3, 0.4) is 0 Å². The van der Waals surface area contributed by atoms with Crippen LogP contribution in [-0.4, -0.2) is 36.9 Å². The number of aromatic nitrogens is 5. The third-order valence-electron chi connectivity index (χ3n) is 4.31. The maximum absolute atomic E-state index is 12.3. The molecule has 9 heteroatoms. The summed E-state index contributed by atoms with van der Waals surface area (Å²) in [5.74, 6) is 0.167. The lowest BCUT2D eigenvalue weighted by Gasteiger charge is -2.02. The number of carbonyl (C=O) groups excluding carboxylic acids is 1. The van der Waals surface area contributed by atoms with Gasteiger partial charge in [0.15, 0.2) is 5.13 Å². The number of amides is 1. The third-order valence-corrected chi connectivity index (χ3v) is 6.32. The van der Waals surface area contributed by atoms with E-state index in [4.69, 9.17) is 0 Å². The smallest absolute Gasteiger partial charge is 0.236 e. The van der Waals surface area contributed by atoms with Crippen LogP contribution in [0.25, 0.3) is 0 Å². The number of thiazole rings is 1. The molecule has 0 bridgehead atoms. The number of hydrogen-bond donors (Lipinski definition) is 1.